The predicted octanol–water partition coefficient (Wildman–Crippen LogP) is 3.78. The van der Waals surface area contributed by atoms with E-state index in [1.807, 2.05) is 22.9 Å². The molecule has 1 aromatic carbocycles. The smallest absolute Gasteiger partial charge is 0.283 e. The number of hydrogen-bond acceptors (Lipinski definition) is 7. The molecule has 0 spiro atoms. The Morgan fingerprint density at radius 2 is 2.19 bits per heavy atom. The highest BCUT2D eigenvalue weighted by atomic mass is 32.1. The number of phenols is 1. The van der Waals surface area contributed by atoms with E-state index in [2.05, 4.69) is 10.1 Å². The lowest BCUT2D eigenvalue weighted by atomic mass is 10.2. The molecule has 4 aromatic rings. The lowest BCUT2D eigenvalue weighted by molar-refractivity contribution is 0.373. The summed E-state index contributed by atoms with van der Waals surface area (Å²) in [5.74, 6) is 0.386. The van der Waals surface area contributed by atoms with Crippen LogP contribution in [0.25, 0.3) is 20.7 Å². The Morgan fingerprint density at radius 3 is 2.92 bits per heavy atom. The van der Waals surface area contributed by atoms with Gasteiger partial charge < -0.3 is 9.84 Å². The van der Waals surface area contributed by atoms with Crippen LogP contribution in [0.2, 0.25) is 0 Å². The molecule has 0 radical (unpaired) electrons. The van der Waals surface area contributed by atoms with Crippen LogP contribution in [-0.4, -0.2) is 28.1 Å². The summed E-state index contributed by atoms with van der Waals surface area (Å²) in [6.07, 6.45) is 2.89. The number of benzene rings is 1. The first-order chi connectivity index (χ1) is 12.7. The van der Waals surface area contributed by atoms with Gasteiger partial charge in [-0.25, -0.2) is 4.98 Å². The fraction of sp³-hybridized carbons (Fsp3) is 0.0556. The third kappa shape index (κ3) is 2.89. The first-order valence-corrected chi connectivity index (χ1v) is 9.37. The summed E-state index contributed by atoms with van der Waals surface area (Å²) in [5.41, 5.74) is 1.29. The topological polar surface area (TPSA) is 76.7 Å². The van der Waals surface area contributed by atoms with E-state index in [1.54, 1.807) is 23.5 Å². The Labute approximate surface area is 156 Å². The van der Waals surface area contributed by atoms with Crippen LogP contribution in [0.15, 0.2) is 57.3 Å². The zero-order valence-electron chi connectivity index (χ0n) is 13.6. The number of ether oxygens (including phenoxy) is 1. The van der Waals surface area contributed by atoms with E-state index in [0.717, 1.165) is 10.4 Å². The van der Waals surface area contributed by atoms with Crippen LogP contribution in [-0.2, 0) is 0 Å². The van der Waals surface area contributed by atoms with Gasteiger partial charge in [0.25, 0.3) is 5.56 Å². The summed E-state index contributed by atoms with van der Waals surface area (Å²) in [5, 5.41) is 18.5. The van der Waals surface area contributed by atoms with Crippen LogP contribution >= 0.6 is 22.7 Å². The highest BCUT2D eigenvalue weighted by molar-refractivity contribution is 7.18. The molecule has 4 rings (SSSR count). The zero-order valence-corrected chi connectivity index (χ0v) is 15.3. The Balaban J connectivity index is 1.75. The minimum atomic E-state index is -0.228. The van der Waals surface area contributed by atoms with Crippen molar-refractivity contribution in [1.29, 1.82) is 0 Å². The second-order valence-electron chi connectivity index (χ2n) is 5.38. The first kappa shape index (κ1) is 16.5. The molecule has 0 bridgehead atoms. The lowest BCUT2D eigenvalue weighted by Gasteiger charge is -2.03. The number of fused-ring (bicyclic) bond motifs is 1. The third-order valence-electron chi connectivity index (χ3n) is 3.80. The van der Waals surface area contributed by atoms with Crippen molar-refractivity contribution < 1.29 is 9.84 Å². The molecule has 3 heterocycles. The fourth-order valence-electron chi connectivity index (χ4n) is 2.54. The quantitative estimate of drug-likeness (QED) is 0.544. The van der Waals surface area contributed by atoms with Crippen molar-refractivity contribution in [3.63, 3.8) is 0 Å². The van der Waals surface area contributed by atoms with Gasteiger partial charge in [0.15, 0.2) is 11.5 Å². The van der Waals surface area contributed by atoms with E-state index < -0.39 is 0 Å². The Morgan fingerprint density at radius 1 is 1.31 bits per heavy atom. The molecule has 130 valence electrons. The van der Waals surface area contributed by atoms with E-state index in [0.29, 0.717) is 21.5 Å². The van der Waals surface area contributed by atoms with Crippen molar-refractivity contribution in [2.24, 2.45) is 5.10 Å². The molecule has 0 atom stereocenters. The Bertz CT molecular complexity index is 1160. The van der Waals surface area contributed by atoms with Gasteiger partial charge in [0.2, 0.25) is 0 Å². The van der Waals surface area contributed by atoms with Crippen LogP contribution in [0.3, 0.4) is 0 Å². The minimum absolute atomic E-state index is 0.00944. The average Bonchev–Trinajstić information content (AvgIpc) is 3.31. The van der Waals surface area contributed by atoms with Crippen molar-refractivity contribution in [1.82, 2.24) is 9.66 Å². The molecule has 0 aliphatic rings. The van der Waals surface area contributed by atoms with Gasteiger partial charge >= 0.3 is 0 Å². The third-order valence-corrected chi connectivity index (χ3v) is 5.59. The molecule has 0 fully saturated rings. The molecular formula is C18H13N3O3S2. The van der Waals surface area contributed by atoms with Crippen LogP contribution in [0.5, 0.6) is 11.5 Å². The van der Waals surface area contributed by atoms with E-state index in [-0.39, 0.29) is 11.3 Å². The maximum atomic E-state index is 12.8. The summed E-state index contributed by atoms with van der Waals surface area (Å²) in [6.45, 7) is 0. The molecule has 0 unspecified atom stereocenters. The molecule has 8 heteroatoms. The highest BCUT2D eigenvalue weighted by Gasteiger charge is 2.13. The number of aromatic hydroxyl groups is 1. The molecular weight excluding hydrogens is 370 g/mol. The van der Waals surface area contributed by atoms with Gasteiger partial charge in [-0.05, 0) is 35.2 Å². The average molecular weight is 383 g/mol. The van der Waals surface area contributed by atoms with Gasteiger partial charge in [0.05, 0.1) is 18.7 Å². The van der Waals surface area contributed by atoms with Crippen LogP contribution in [0.1, 0.15) is 5.56 Å². The standard InChI is InChI=1S/C18H13N3O3S2/c1-24-14-5-4-11(7-13(14)22)8-20-21-10-19-17-16(18(21)23)12(9-26-17)15-3-2-6-25-15/h2-10,22H,1H3/b20-8-. The molecule has 1 N–H and O–H groups in total. The van der Waals surface area contributed by atoms with E-state index in [1.165, 1.54) is 41.7 Å². The monoisotopic (exact) mass is 383 g/mol. The number of methoxy groups -OCH3 is 1. The maximum Gasteiger partial charge on any atom is 0.283 e. The number of rotatable bonds is 4. The molecule has 0 amide bonds. The van der Waals surface area contributed by atoms with Crippen molar-refractivity contribution >= 4 is 39.1 Å². The summed E-state index contributed by atoms with van der Waals surface area (Å²) in [4.78, 5) is 18.9. The summed E-state index contributed by atoms with van der Waals surface area (Å²) >= 11 is 3.02. The second-order valence-corrected chi connectivity index (χ2v) is 7.18. The highest BCUT2D eigenvalue weighted by Crippen LogP contribution is 2.33. The lowest BCUT2D eigenvalue weighted by Crippen LogP contribution is -2.16. The number of aromatic nitrogens is 2. The Hall–Kier alpha value is -2.97. The normalized spacial score (nSPS) is 11.4. The minimum Gasteiger partial charge on any atom is -0.504 e. The van der Waals surface area contributed by atoms with Crippen LogP contribution in [0.4, 0.5) is 0 Å². The molecule has 0 aliphatic heterocycles. The zero-order chi connectivity index (χ0) is 18.1. The Kier molecular flexibility index (Phi) is 4.27. The molecule has 3 aromatic heterocycles. The molecule has 0 saturated heterocycles. The van der Waals surface area contributed by atoms with Crippen molar-refractivity contribution in [2.75, 3.05) is 7.11 Å². The fourth-order valence-corrected chi connectivity index (χ4v) is 4.26. The van der Waals surface area contributed by atoms with Gasteiger partial charge in [-0.15, -0.1) is 22.7 Å². The van der Waals surface area contributed by atoms with Crippen molar-refractivity contribution in [3.8, 4) is 21.9 Å². The van der Waals surface area contributed by atoms with Crippen molar-refractivity contribution in [2.45, 2.75) is 0 Å². The van der Waals surface area contributed by atoms with Gasteiger partial charge in [0, 0.05) is 15.8 Å². The number of nitrogens with zero attached hydrogens (tertiary/aromatic N) is 3. The van der Waals surface area contributed by atoms with Crippen LogP contribution < -0.4 is 10.3 Å². The molecule has 0 aliphatic carbocycles. The predicted molar refractivity (Wildman–Crippen MR) is 105 cm³/mol. The molecule has 0 saturated carbocycles. The molecule has 26 heavy (non-hydrogen) atoms. The SMILES string of the molecule is COc1ccc(/C=N\n2cnc3scc(-c4cccs4)c3c2=O)cc1O. The number of hydrogen-bond donors (Lipinski definition) is 1. The van der Waals surface area contributed by atoms with E-state index >= 15 is 0 Å². The van der Waals surface area contributed by atoms with Gasteiger partial charge in [-0.2, -0.15) is 9.78 Å². The summed E-state index contributed by atoms with van der Waals surface area (Å²) in [6, 6.07) is 8.81. The summed E-state index contributed by atoms with van der Waals surface area (Å²) in [7, 11) is 1.48. The van der Waals surface area contributed by atoms with E-state index in [4.69, 9.17) is 4.74 Å². The number of thiophene rings is 2. The van der Waals surface area contributed by atoms with E-state index in [9.17, 15) is 9.90 Å². The van der Waals surface area contributed by atoms with Crippen LogP contribution in [0, 0.1) is 0 Å². The van der Waals surface area contributed by atoms with Gasteiger partial charge in [-0.3, -0.25) is 4.79 Å². The maximum absolute atomic E-state index is 12.8. The van der Waals surface area contributed by atoms with Gasteiger partial charge in [0.1, 0.15) is 11.2 Å². The summed E-state index contributed by atoms with van der Waals surface area (Å²) < 4.78 is 6.21. The first-order valence-electron chi connectivity index (χ1n) is 7.61. The molecule has 6 nitrogen and oxygen atoms in total. The van der Waals surface area contributed by atoms with Gasteiger partial charge in [-0.1, -0.05) is 6.07 Å². The largest absolute Gasteiger partial charge is 0.504 e. The number of phenolic OH excluding ortho intramolecular Hbond substituents is 1. The second kappa shape index (κ2) is 6.74. The van der Waals surface area contributed by atoms with Crippen molar-refractivity contribution in [3.05, 3.63) is 63.3 Å².